The molecule has 0 aliphatic carbocycles. The van der Waals surface area contributed by atoms with Crippen molar-refractivity contribution in [1.82, 2.24) is 4.98 Å². The van der Waals surface area contributed by atoms with Crippen LogP contribution in [0.15, 0.2) is 60.8 Å². The average Bonchev–Trinajstić information content (AvgIpc) is 2.67. The molecule has 0 bridgehead atoms. The Balaban J connectivity index is 2.01. The lowest BCUT2D eigenvalue weighted by Crippen LogP contribution is -2.05. The first-order valence-electron chi connectivity index (χ1n) is 8.27. The number of rotatable bonds is 4. The Morgan fingerprint density at radius 1 is 1.07 bits per heavy atom. The normalized spacial score (nSPS) is 11.3. The van der Waals surface area contributed by atoms with E-state index in [1.165, 1.54) is 19.2 Å². The number of alkyl halides is 3. The van der Waals surface area contributed by atoms with Gasteiger partial charge in [-0.25, -0.2) is 4.79 Å². The summed E-state index contributed by atoms with van der Waals surface area (Å²) in [5.41, 5.74) is 2.35. The van der Waals surface area contributed by atoms with E-state index in [1.54, 1.807) is 36.5 Å². The number of esters is 1. The summed E-state index contributed by atoms with van der Waals surface area (Å²) in [4.78, 5) is 16.2. The van der Waals surface area contributed by atoms with Gasteiger partial charge in [-0.05, 0) is 53.9 Å². The summed E-state index contributed by atoms with van der Waals surface area (Å²) >= 11 is 6.06. The Kier molecular flexibility index (Phi) is 5.70. The minimum atomic E-state index is -4.38. The zero-order valence-electron chi connectivity index (χ0n) is 14.8. The summed E-state index contributed by atoms with van der Waals surface area (Å²) in [6.45, 7) is 0. The predicted molar refractivity (Wildman–Crippen MR) is 100 cm³/mol. The van der Waals surface area contributed by atoms with Crippen molar-refractivity contribution in [2.45, 2.75) is 12.6 Å². The number of hydrogen-bond acceptors (Lipinski definition) is 3. The minimum absolute atomic E-state index is 0.343. The van der Waals surface area contributed by atoms with Crippen LogP contribution in [0.1, 0.15) is 27.0 Å². The highest BCUT2D eigenvalue weighted by atomic mass is 35.5. The van der Waals surface area contributed by atoms with Crippen LogP contribution in [0.25, 0.3) is 11.3 Å². The van der Waals surface area contributed by atoms with Gasteiger partial charge in [0.1, 0.15) is 0 Å². The minimum Gasteiger partial charge on any atom is -0.465 e. The first-order valence-corrected chi connectivity index (χ1v) is 8.65. The molecule has 28 heavy (non-hydrogen) atoms. The summed E-state index contributed by atoms with van der Waals surface area (Å²) in [6.07, 6.45) is -2.47. The third kappa shape index (κ3) is 4.51. The molecule has 1 aromatic heterocycles. The third-order valence-electron chi connectivity index (χ3n) is 4.20. The molecular formula is C21H15ClF3NO2. The number of aromatic nitrogens is 1. The van der Waals surface area contributed by atoms with Gasteiger partial charge in [0, 0.05) is 16.8 Å². The van der Waals surface area contributed by atoms with Gasteiger partial charge in [-0.2, -0.15) is 13.2 Å². The molecule has 0 saturated carbocycles. The van der Waals surface area contributed by atoms with Gasteiger partial charge in [0.05, 0.1) is 23.9 Å². The van der Waals surface area contributed by atoms with Crippen molar-refractivity contribution in [1.29, 1.82) is 0 Å². The number of carbonyl (C=O) groups excluding carboxylic acids is 1. The van der Waals surface area contributed by atoms with E-state index in [2.05, 4.69) is 4.98 Å². The van der Waals surface area contributed by atoms with Crippen LogP contribution in [0, 0.1) is 0 Å². The molecule has 144 valence electrons. The standard InChI is InChI=1S/C21H15ClF3NO2/c1-28-20(27)15-5-4-14(18(11-15)19-12-17(22)8-9-26-19)10-13-2-6-16(7-3-13)21(23,24)25/h2-9,11-12H,10H2,1H3. The Hall–Kier alpha value is -2.86. The van der Waals surface area contributed by atoms with Crippen molar-refractivity contribution in [3.63, 3.8) is 0 Å². The van der Waals surface area contributed by atoms with Gasteiger partial charge in [0.15, 0.2) is 0 Å². The van der Waals surface area contributed by atoms with E-state index in [0.29, 0.717) is 33.8 Å². The van der Waals surface area contributed by atoms with Crippen molar-refractivity contribution in [3.8, 4) is 11.3 Å². The first kappa shape index (κ1) is 19.9. The zero-order valence-corrected chi connectivity index (χ0v) is 15.5. The van der Waals surface area contributed by atoms with Gasteiger partial charge in [-0.15, -0.1) is 0 Å². The molecule has 3 nitrogen and oxygen atoms in total. The molecule has 1 heterocycles. The van der Waals surface area contributed by atoms with Crippen LogP contribution in [0.5, 0.6) is 0 Å². The number of benzene rings is 2. The molecule has 2 aromatic carbocycles. The van der Waals surface area contributed by atoms with Crippen molar-refractivity contribution < 1.29 is 22.7 Å². The number of carbonyl (C=O) groups is 1. The van der Waals surface area contributed by atoms with Crippen molar-refractivity contribution >= 4 is 17.6 Å². The van der Waals surface area contributed by atoms with Crippen molar-refractivity contribution in [3.05, 3.63) is 88.1 Å². The number of hydrogen-bond donors (Lipinski definition) is 0. The fourth-order valence-electron chi connectivity index (χ4n) is 2.80. The quantitative estimate of drug-likeness (QED) is 0.515. The maximum absolute atomic E-state index is 12.8. The largest absolute Gasteiger partial charge is 0.465 e. The van der Waals surface area contributed by atoms with Crippen LogP contribution in [0.4, 0.5) is 13.2 Å². The Labute approximate surface area is 164 Å². The topological polar surface area (TPSA) is 39.2 Å². The second kappa shape index (κ2) is 8.02. The van der Waals surface area contributed by atoms with E-state index >= 15 is 0 Å². The molecule has 0 spiro atoms. The molecule has 0 aliphatic rings. The number of halogens is 4. The van der Waals surface area contributed by atoms with Crippen LogP contribution in [0.3, 0.4) is 0 Å². The Morgan fingerprint density at radius 3 is 2.39 bits per heavy atom. The summed E-state index contributed by atoms with van der Waals surface area (Å²) in [6, 6.07) is 13.3. The number of nitrogens with zero attached hydrogens (tertiary/aromatic N) is 1. The van der Waals surface area contributed by atoms with Crippen molar-refractivity contribution in [2.24, 2.45) is 0 Å². The number of ether oxygens (including phenoxy) is 1. The van der Waals surface area contributed by atoms with Gasteiger partial charge in [0.25, 0.3) is 0 Å². The molecular weight excluding hydrogens is 391 g/mol. The highest BCUT2D eigenvalue weighted by Crippen LogP contribution is 2.31. The van der Waals surface area contributed by atoms with Gasteiger partial charge < -0.3 is 4.74 Å². The SMILES string of the molecule is COC(=O)c1ccc(Cc2ccc(C(F)(F)F)cc2)c(-c2cc(Cl)ccn2)c1. The van der Waals surface area contributed by atoms with E-state index in [-0.39, 0.29) is 0 Å². The molecule has 0 fully saturated rings. The molecule has 0 N–H and O–H groups in total. The molecule has 3 rings (SSSR count). The Bertz CT molecular complexity index is 1000. The monoisotopic (exact) mass is 405 g/mol. The fraction of sp³-hybridized carbons (Fsp3) is 0.143. The van der Waals surface area contributed by atoms with Gasteiger partial charge in [-0.1, -0.05) is 29.8 Å². The van der Waals surface area contributed by atoms with Crippen LogP contribution >= 0.6 is 11.6 Å². The summed E-state index contributed by atoms with van der Waals surface area (Å²) in [5.74, 6) is -0.496. The predicted octanol–water partition coefficient (Wildman–Crippen LogP) is 5.80. The molecule has 0 unspecified atom stereocenters. The smallest absolute Gasteiger partial charge is 0.416 e. The lowest BCUT2D eigenvalue weighted by atomic mass is 9.95. The fourth-order valence-corrected chi connectivity index (χ4v) is 2.96. The van der Waals surface area contributed by atoms with Gasteiger partial charge in [0.2, 0.25) is 0 Å². The van der Waals surface area contributed by atoms with Gasteiger partial charge >= 0.3 is 12.1 Å². The summed E-state index contributed by atoms with van der Waals surface area (Å²) < 4.78 is 43.0. The highest BCUT2D eigenvalue weighted by molar-refractivity contribution is 6.30. The van der Waals surface area contributed by atoms with E-state index in [0.717, 1.165) is 17.7 Å². The van der Waals surface area contributed by atoms with E-state index < -0.39 is 17.7 Å². The molecule has 0 radical (unpaired) electrons. The maximum atomic E-state index is 12.8. The Morgan fingerprint density at radius 2 is 1.79 bits per heavy atom. The summed E-state index contributed by atoms with van der Waals surface area (Å²) in [5, 5.41) is 0.481. The van der Waals surface area contributed by atoms with Crippen LogP contribution in [-0.2, 0) is 17.3 Å². The molecule has 0 atom stereocenters. The van der Waals surface area contributed by atoms with Crippen LogP contribution in [-0.4, -0.2) is 18.1 Å². The van der Waals surface area contributed by atoms with E-state index in [1.807, 2.05) is 0 Å². The van der Waals surface area contributed by atoms with Crippen LogP contribution < -0.4 is 0 Å². The second-order valence-corrected chi connectivity index (χ2v) is 6.53. The molecule has 0 saturated heterocycles. The molecule has 0 amide bonds. The lowest BCUT2D eigenvalue weighted by Gasteiger charge is -2.12. The first-order chi connectivity index (χ1) is 13.3. The lowest BCUT2D eigenvalue weighted by molar-refractivity contribution is -0.137. The molecule has 3 aromatic rings. The number of methoxy groups -OCH3 is 1. The molecule has 0 aliphatic heterocycles. The average molecular weight is 406 g/mol. The summed E-state index contributed by atoms with van der Waals surface area (Å²) in [7, 11) is 1.29. The van der Waals surface area contributed by atoms with Gasteiger partial charge in [-0.3, -0.25) is 4.98 Å². The van der Waals surface area contributed by atoms with Crippen molar-refractivity contribution in [2.75, 3.05) is 7.11 Å². The van der Waals surface area contributed by atoms with Crippen LogP contribution in [0.2, 0.25) is 5.02 Å². The van der Waals surface area contributed by atoms with E-state index in [9.17, 15) is 18.0 Å². The third-order valence-corrected chi connectivity index (χ3v) is 4.44. The second-order valence-electron chi connectivity index (χ2n) is 6.09. The number of pyridine rings is 1. The zero-order chi connectivity index (χ0) is 20.3. The van der Waals surface area contributed by atoms with E-state index in [4.69, 9.17) is 16.3 Å². The maximum Gasteiger partial charge on any atom is 0.416 e. The highest BCUT2D eigenvalue weighted by Gasteiger charge is 2.29. The molecule has 7 heteroatoms.